The standard InChI is InChI=1S/C14H24/c1-5-11(2)9-10-14-12(3)7-6-8-13(14)4/h13-14H,2-3,5-10H2,1,4H3. The lowest BCUT2D eigenvalue weighted by molar-refractivity contribution is 0.312. The molecule has 1 aliphatic carbocycles. The van der Waals surface area contributed by atoms with Crippen molar-refractivity contribution in [1.29, 1.82) is 0 Å². The molecule has 1 fully saturated rings. The van der Waals surface area contributed by atoms with Crippen LogP contribution in [0.25, 0.3) is 0 Å². The second kappa shape index (κ2) is 5.38. The van der Waals surface area contributed by atoms with Gasteiger partial charge >= 0.3 is 0 Å². The van der Waals surface area contributed by atoms with Gasteiger partial charge in [-0.3, -0.25) is 0 Å². The summed E-state index contributed by atoms with van der Waals surface area (Å²) < 4.78 is 0. The summed E-state index contributed by atoms with van der Waals surface area (Å²) >= 11 is 0. The minimum absolute atomic E-state index is 0.770. The minimum atomic E-state index is 0.770. The fourth-order valence-corrected chi connectivity index (χ4v) is 2.47. The molecule has 2 unspecified atom stereocenters. The molecule has 0 saturated heterocycles. The summed E-state index contributed by atoms with van der Waals surface area (Å²) in [5.74, 6) is 1.62. The highest BCUT2D eigenvalue weighted by Gasteiger charge is 2.23. The molecule has 0 bridgehead atoms. The van der Waals surface area contributed by atoms with Crippen molar-refractivity contribution in [2.75, 3.05) is 0 Å². The number of allylic oxidation sites excluding steroid dienone is 2. The third-order valence-electron chi connectivity index (χ3n) is 3.68. The Morgan fingerprint density at radius 2 is 2.21 bits per heavy atom. The fraction of sp³-hybridized carbons (Fsp3) is 0.714. The summed E-state index contributed by atoms with van der Waals surface area (Å²) in [5.41, 5.74) is 2.89. The van der Waals surface area contributed by atoms with Crippen LogP contribution in [-0.2, 0) is 0 Å². The van der Waals surface area contributed by atoms with E-state index in [1.165, 1.54) is 43.3 Å². The third-order valence-corrected chi connectivity index (χ3v) is 3.68. The molecule has 0 aromatic rings. The quantitative estimate of drug-likeness (QED) is 0.565. The highest BCUT2D eigenvalue weighted by molar-refractivity contribution is 5.07. The van der Waals surface area contributed by atoms with Crippen molar-refractivity contribution in [1.82, 2.24) is 0 Å². The molecule has 0 radical (unpaired) electrons. The Hall–Kier alpha value is -0.520. The average molecular weight is 192 g/mol. The van der Waals surface area contributed by atoms with Crippen LogP contribution in [0.15, 0.2) is 24.3 Å². The van der Waals surface area contributed by atoms with Gasteiger partial charge in [-0.25, -0.2) is 0 Å². The summed E-state index contributed by atoms with van der Waals surface area (Å²) in [6, 6.07) is 0. The first-order valence-electron chi connectivity index (χ1n) is 5.99. The van der Waals surface area contributed by atoms with Crippen LogP contribution in [0.1, 0.15) is 52.4 Å². The molecule has 80 valence electrons. The van der Waals surface area contributed by atoms with Crippen LogP contribution in [0.3, 0.4) is 0 Å². The van der Waals surface area contributed by atoms with Crippen molar-refractivity contribution in [3.63, 3.8) is 0 Å². The predicted octanol–water partition coefficient (Wildman–Crippen LogP) is 4.73. The van der Waals surface area contributed by atoms with Gasteiger partial charge in [0.2, 0.25) is 0 Å². The zero-order valence-corrected chi connectivity index (χ0v) is 9.81. The maximum Gasteiger partial charge on any atom is -0.0177 e. The van der Waals surface area contributed by atoms with E-state index in [1.54, 1.807) is 0 Å². The molecule has 1 aliphatic rings. The molecule has 0 spiro atoms. The van der Waals surface area contributed by atoms with E-state index >= 15 is 0 Å². The number of hydrogen-bond donors (Lipinski definition) is 0. The van der Waals surface area contributed by atoms with Gasteiger partial charge in [0.05, 0.1) is 0 Å². The van der Waals surface area contributed by atoms with Crippen LogP contribution in [0.4, 0.5) is 0 Å². The third kappa shape index (κ3) is 3.01. The van der Waals surface area contributed by atoms with Crippen molar-refractivity contribution < 1.29 is 0 Å². The summed E-state index contributed by atoms with van der Waals surface area (Å²) in [4.78, 5) is 0. The van der Waals surface area contributed by atoms with Crippen LogP contribution < -0.4 is 0 Å². The van der Waals surface area contributed by atoms with Gasteiger partial charge in [-0.1, -0.05) is 38.2 Å². The van der Waals surface area contributed by atoms with Crippen molar-refractivity contribution in [2.45, 2.75) is 52.4 Å². The Bertz CT molecular complexity index is 212. The second-order valence-electron chi connectivity index (χ2n) is 4.78. The van der Waals surface area contributed by atoms with Crippen molar-refractivity contribution in [3.05, 3.63) is 24.3 Å². The molecule has 0 heterocycles. The van der Waals surface area contributed by atoms with Gasteiger partial charge in [-0.2, -0.15) is 0 Å². The number of rotatable bonds is 4. The first kappa shape index (κ1) is 11.6. The zero-order valence-electron chi connectivity index (χ0n) is 9.81. The van der Waals surface area contributed by atoms with Crippen molar-refractivity contribution >= 4 is 0 Å². The zero-order chi connectivity index (χ0) is 10.6. The van der Waals surface area contributed by atoms with E-state index in [2.05, 4.69) is 27.0 Å². The van der Waals surface area contributed by atoms with E-state index in [1.807, 2.05) is 0 Å². The molecule has 0 heteroatoms. The molecular formula is C14H24. The van der Waals surface area contributed by atoms with Gasteiger partial charge in [0.1, 0.15) is 0 Å². The highest BCUT2D eigenvalue weighted by atomic mass is 14.3. The molecule has 0 aromatic carbocycles. The maximum absolute atomic E-state index is 4.22. The predicted molar refractivity (Wildman–Crippen MR) is 64.3 cm³/mol. The first-order valence-corrected chi connectivity index (χ1v) is 5.99. The van der Waals surface area contributed by atoms with Crippen LogP contribution in [-0.4, -0.2) is 0 Å². The topological polar surface area (TPSA) is 0 Å². The lowest BCUT2D eigenvalue weighted by Gasteiger charge is -2.31. The molecular weight excluding hydrogens is 168 g/mol. The van der Waals surface area contributed by atoms with Gasteiger partial charge in [-0.05, 0) is 50.4 Å². The maximum atomic E-state index is 4.22. The molecule has 0 nitrogen and oxygen atoms in total. The molecule has 0 aromatic heterocycles. The Morgan fingerprint density at radius 1 is 1.50 bits per heavy atom. The van der Waals surface area contributed by atoms with E-state index < -0.39 is 0 Å². The minimum Gasteiger partial charge on any atom is -0.0999 e. The van der Waals surface area contributed by atoms with Gasteiger partial charge < -0.3 is 0 Å². The lowest BCUT2D eigenvalue weighted by atomic mass is 9.75. The molecule has 0 aliphatic heterocycles. The van der Waals surface area contributed by atoms with Crippen LogP contribution >= 0.6 is 0 Å². The Balaban J connectivity index is 2.40. The lowest BCUT2D eigenvalue weighted by Crippen LogP contribution is -2.18. The van der Waals surface area contributed by atoms with E-state index in [0.717, 1.165) is 18.3 Å². The molecule has 14 heavy (non-hydrogen) atoms. The fourth-order valence-electron chi connectivity index (χ4n) is 2.47. The van der Waals surface area contributed by atoms with Gasteiger partial charge in [0.25, 0.3) is 0 Å². The second-order valence-corrected chi connectivity index (χ2v) is 4.78. The highest BCUT2D eigenvalue weighted by Crippen LogP contribution is 2.36. The number of hydrogen-bond acceptors (Lipinski definition) is 0. The van der Waals surface area contributed by atoms with E-state index in [0.29, 0.717) is 0 Å². The summed E-state index contributed by atoms with van der Waals surface area (Å²) in [7, 11) is 0. The summed E-state index contributed by atoms with van der Waals surface area (Å²) in [6.07, 6.45) is 7.62. The van der Waals surface area contributed by atoms with Crippen molar-refractivity contribution in [2.24, 2.45) is 11.8 Å². The molecule has 1 rings (SSSR count). The molecule has 0 amide bonds. The largest absolute Gasteiger partial charge is 0.0999 e. The van der Waals surface area contributed by atoms with E-state index in [9.17, 15) is 0 Å². The molecule has 1 saturated carbocycles. The monoisotopic (exact) mass is 192 g/mol. The van der Waals surface area contributed by atoms with Crippen LogP contribution in [0.5, 0.6) is 0 Å². The summed E-state index contributed by atoms with van der Waals surface area (Å²) in [6.45, 7) is 12.9. The SMILES string of the molecule is C=C(CC)CCC1C(=C)CCCC1C. The Morgan fingerprint density at radius 3 is 2.79 bits per heavy atom. The first-order chi connectivity index (χ1) is 6.65. The average Bonchev–Trinajstić information content (AvgIpc) is 2.16. The summed E-state index contributed by atoms with van der Waals surface area (Å²) in [5, 5.41) is 0. The van der Waals surface area contributed by atoms with E-state index in [-0.39, 0.29) is 0 Å². The Labute approximate surface area is 89.1 Å². The van der Waals surface area contributed by atoms with E-state index in [4.69, 9.17) is 0 Å². The van der Waals surface area contributed by atoms with Gasteiger partial charge in [0.15, 0.2) is 0 Å². The van der Waals surface area contributed by atoms with Crippen molar-refractivity contribution in [3.8, 4) is 0 Å². The normalized spacial score (nSPS) is 27.7. The smallest absolute Gasteiger partial charge is 0.0177 e. The van der Waals surface area contributed by atoms with Crippen LogP contribution in [0.2, 0.25) is 0 Å². The molecule has 0 N–H and O–H groups in total. The van der Waals surface area contributed by atoms with Crippen LogP contribution in [0, 0.1) is 11.8 Å². The Kier molecular flexibility index (Phi) is 4.44. The van der Waals surface area contributed by atoms with Gasteiger partial charge in [0, 0.05) is 0 Å². The molecule has 2 atom stereocenters. The van der Waals surface area contributed by atoms with Gasteiger partial charge in [-0.15, -0.1) is 0 Å².